The lowest BCUT2D eigenvalue weighted by molar-refractivity contribution is 0.0689. The van der Waals surface area contributed by atoms with Gasteiger partial charge in [0, 0.05) is 29.3 Å². The van der Waals surface area contributed by atoms with Crippen LogP contribution in [0.4, 0.5) is 0 Å². The highest BCUT2D eigenvalue weighted by Crippen LogP contribution is 2.36. The number of benzene rings is 1. The Balaban J connectivity index is 1.45. The Hall–Kier alpha value is -1.88. The van der Waals surface area contributed by atoms with Gasteiger partial charge in [-0.1, -0.05) is 34.8 Å². The second-order valence-electron chi connectivity index (χ2n) is 6.84. The Morgan fingerprint density at radius 3 is 2.84 bits per heavy atom. The van der Waals surface area contributed by atoms with Crippen LogP contribution in [0.3, 0.4) is 0 Å². The van der Waals surface area contributed by atoms with Crippen LogP contribution in [0.1, 0.15) is 42.5 Å². The Morgan fingerprint density at radius 1 is 1.16 bits per heavy atom. The minimum atomic E-state index is 0.107. The topological polar surface area (TPSA) is 42.4 Å². The first-order chi connectivity index (χ1) is 12.2. The predicted molar refractivity (Wildman–Crippen MR) is 99.9 cm³/mol. The number of pyridine rings is 1. The lowest BCUT2D eigenvalue weighted by Crippen LogP contribution is -2.39. The number of fused-ring (bicyclic) bond motifs is 1. The second-order valence-corrected chi connectivity index (χ2v) is 7.76. The highest BCUT2D eigenvalue weighted by Gasteiger charge is 2.38. The molecule has 2 aromatic rings. The molecule has 4 nitrogen and oxygen atoms in total. The zero-order chi connectivity index (χ0) is 17.2. The number of ether oxygens (including phenoxy) is 1. The maximum atomic E-state index is 12.9. The number of amides is 1. The summed E-state index contributed by atoms with van der Waals surface area (Å²) in [4.78, 5) is 19.2. The van der Waals surface area contributed by atoms with Crippen LogP contribution in [0, 0.1) is 5.92 Å². The lowest BCUT2D eigenvalue weighted by atomic mass is 9.85. The highest BCUT2D eigenvalue weighted by atomic mass is 79.9. The minimum Gasteiger partial charge on any atom is -0.439 e. The van der Waals surface area contributed by atoms with E-state index in [1.807, 2.05) is 30.3 Å². The zero-order valence-electron chi connectivity index (χ0n) is 14.0. The number of carbonyl (C=O) groups is 1. The quantitative estimate of drug-likeness (QED) is 0.724. The van der Waals surface area contributed by atoms with Crippen LogP contribution in [-0.4, -0.2) is 28.4 Å². The molecule has 1 amide bonds. The maximum Gasteiger partial charge on any atom is 0.255 e. The van der Waals surface area contributed by atoms with Gasteiger partial charge in [0.05, 0.1) is 5.56 Å². The Morgan fingerprint density at radius 2 is 2.04 bits per heavy atom. The van der Waals surface area contributed by atoms with Crippen LogP contribution < -0.4 is 4.74 Å². The van der Waals surface area contributed by atoms with E-state index in [1.54, 1.807) is 12.3 Å². The molecule has 1 aromatic carbocycles. The third-order valence-electron chi connectivity index (χ3n) is 5.27. The van der Waals surface area contributed by atoms with Gasteiger partial charge >= 0.3 is 0 Å². The van der Waals surface area contributed by atoms with Gasteiger partial charge in [-0.3, -0.25) is 4.79 Å². The average molecular weight is 401 g/mol. The number of rotatable bonds is 3. The molecule has 1 saturated carbocycles. The van der Waals surface area contributed by atoms with E-state index < -0.39 is 0 Å². The first-order valence-electron chi connectivity index (χ1n) is 8.91. The van der Waals surface area contributed by atoms with Crippen molar-refractivity contribution >= 4 is 21.8 Å². The van der Waals surface area contributed by atoms with Crippen molar-refractivity contribution in [1.82, 2.24) is 9.88 Å². The van der Waals surface area contributed by atoms with Crippen LogP contribution in [0.25, 0.3) is 0 Å². The summed E-state index contributed by atoms with van der Waals surface area (Å²) in [6.45, 7) is 0.879. The van der Waals surface area contributed by atoms with Gasteiger partial charge in [0.15, 0.2) is 0 Å². The molecule has 1 aliphatic heterocycles. The van der Waals surface area contributed by atoms with E-state index in [1.165, 1.54) is 19.3 Å². The van der Waals surface area contributed by atoms with E-state index in [0.29, 0.717) is 29.2 Å². The van der Waals surface area contributed by atoms with Crippen molar-refractivity contribution in [2.24, 2.45) is 5.92 Å². The third-order valence-corrected chi connectivity index (χ3v) is 5.77. The first-order valence-corrected chi connectivity index (χ1v) is 9.70. The number of hydrogen-bond donors (Lipinski definition) is 0. The summed E-state index contributed by atoms with van der Waals surface area (Å²) in [5.41, 5.74) is 0.646. The van der Waals surface area contributed by atoms with Gasteiger partial charge in [-0.05, 0) is 49.4 Å². The Bertz CT molecular complexity index is 763. The summed E-state index contributed by atoms with van der Waals surface area (Å²) in [7, 11) is 0. The molecule has 25 heavy (non-hydrogen) atoms. The molecule has 2 atom stereocenters. The first kappa shape index (κ1) is 16.6. The third kappa shape index (κ3) is 3.56. The summed E-state index contributed by atoms with van der Waals surface area (Å²) < 4.78 is 6.69. The normalized spacial score (nSPS) is 22.5. The van der Waals surface area contributed by atoms with E-state index in [0.717, 1.165) is 23.9 Å². The molecule has 1 aromatic heterocycles. The summed E-state index contributed by atoms with van der Waals surface area (Å²) in [5.74, 6) is 2.01. The van der Waals surface area contributed by atoms with Gasteiger partial charge in [0.2, 0.25) is 5.88 Å². The van der Waals surface area contributed by atoms with Crippen LogP contribution in [-0.2, 0) is 0 Å². The van der Waals surface area contributed by atoms with E-state index >= 15 is 0 Å². The number of carbonyl (C=O) groups excluding carboxylic acids is 1. The van der Waals surface area contributed by atoms with Crippen molar-refractivity contribution in [3.8, 4) is 11.6 Å². The lowest BCUT2D eigenvalue weighted by Gasteiger charge is -2.31. The molecule has 0 spiro atoms. The van der Waals surface area contributed by atoms with Crippen LogP contribution in [0.15, 0.2) is 47.1 Å². The van der Waals surface area contributed by atoms with Gasteiger partial charge < -0.3 is 9.64 Å². The van der Waals surface area contributed by atoms with E-state index in [2.05, 4.69) is 25.8 Å². The molecule has 4 rings (SSSR count). The Kier molecular flexibility index (Phi) is 4.75. The molecule has 2 fully saturated rings. The van der Waals surface area contributed by atoms with Crippen molar-refractivity contribution < 1.29 is 9.53 Å². The molecule has 130 valence electrons. The summed E-state index contributed by atoms with van der Waals surface area (Å²) in [5, 5.41) is 0. The van der Waals surface area contributed by atoms with Gasteiger partial charge in [-0.15, -0.1) is 0 Å². The van der Waals surface area contributed by atoms with Crippen molar-refractivity contribution in [1.29, 1.82) is 0 Å². The average Bonchev–Trinajstić information content (AvgIpc) is 3.06. The largest absolute Gasteiger partial charge is 0.439 e. The molecule has 2 heterocycles. The number of nitrogens with zero attached hydrogens (tertiary/aromatic N) is 2. The molecule has 0 radical (unpaired) electrons. The fraction of sp³-hybridized carbons (Fsp3) is 0.400. The molecule has 1 aliphatic carbocycles. The fourth-order valence-corrected chi connectivity index (χ4v) is 4.42. The highest BCUT2D eigenvalue weighted by molar-refractivity contribution is 9.10. The van der Waals surface area contributed by atoms with Gasteiger partial charge in [0.1, 0.15) is 5.75 Å². The molecule has 5 heteroatoms. The fourth-order valence-electron chi connectivity index (χ4n) is 4.04. The van der Waals surface area contributed by atoms with Gasteiger partial charge in [-0.2, -0.15) is 0 Å². The smallest absolute Gasteiger partial charge is 0.255 e. The minimum absolute atomic E-state index is 0.107. The summed E-state index contributed by atoms with van der Waals surface area (Å²) in [6, 6.07) is 11.6. The van der Waals surface area contributed by atoms with E-state index in [9.17, 15) is 4.79 Å². The van der Waals surface area contributed by atoms with Crippen LogP contribution >= 0.6 is 15.9 Å². The standard InChI is InChI=1S/C20H21BrN2O2/c21-16-5-3-6-17(12-16)25-19-9-8-15(13-22-19)20(24)23-11-10-14-4-1-2-7-18(14)23/h3,5-6,8-9,12-14,18H,1-2,4,7,10-11H2. The summed E-state index contributed by atoms with van der Waals surface area (Å²) in [6.07, 6.45) is 7.74. The molecular weight excluding hydrogens is 380 g/mol. The second kappa shape index (κ2) is 7.16. The van der Waals surface area contributed by atoms with E-state index in [-0.39, 0.29) is 5.91 Å². The van der Waals surface area contributed by atoms with E-state index in [4.69, 9.17) is 4.74 Å². The Labute approximate surface area is 156 Å². The predicted octanol–water partition coefficient (Wildman–Crippen LogP) is 5.04. The molecule has 0 N–H and O–H groups in total. The molecule has 2 unspecified atom stereocenters. The van der Waals surface area contributed by atoms with Crippen molar-refractivity contribution in [2.75, 3.05) is 6.54 Å². The number of aromatic nitrogens is 1. The monoisotopic (exact) mass is 400 g/mol. The van der Waals surface area contributed by atoms with Crippen LogP contribution in [0.2, 0.25) is 0 Å². The zero-order valence-corrected chi connectivity index (χ0v) is 15.6. The van der Waals surface area contributed by atoms with Crippen LogP contribution in [0.5, 0.6) is 11.6 Å². The SMILES string of the molecule is O=C(c1ccc(Oc2cccc(Br)c2)nc1)N1CCC2CCCCC21. The van der Waals surface area contributed by atoms with Crippen molar-refractivity contribution in [3.63, 3.8) is 0 Å². The number of hydrogen-bond acceptors (Lipinski definition) is 3. The molecular formula is C20H21BrN2O2. The number of halogens is 1. The molecule has 2 aliphatic rings. The number of likely N-dealkylation sites (tertiary alicyclic amines) is 1. The van der Waals surface area contributed by atoms with Gasteiger partial charge in [-0.25, -0.2) is 4.98 Å². The van der Waals surface area contributed by atoms with Gasteiger partial charge in [0.25, 0.3) is 5.91 Å². The van der Waals surface area contributed by atoms with Crippen molar-refractivity contribution in [3.05, 3.63) is 52.6 Å². The molecule has 0 bridgehead atoms. The van der Waals surface area contributed by atoms with Crippen molar-refractivity contribution in [2.45, 2.75) is 38.1 Å². The molecule has 1 saturated heterocycles. The maximum absolute atomic E-state index is 12.9. The summed E-state index contributed by atoms with van der Waals surface area (Å²) >= 11 is 3.42.